The van der Waals surface area contributed by atoms with Crippen molar-refractivity contribution in [3.63, 3.8) is 0 Å². The van der Waals surface area contributed by atoms with E-state index >= 15 is 0 Å². The second kappa shape index (κ2) is 8.16. The van der Waals surface area contributed by atoms with Crippen LogP contribution >= 0.6 is 0 Å². The van der Waals surface area contributed by atoms with Gasteiger partial charge in [0.05, 0.1) is 16.8 Å². The van der Waals surface area contributed by atoms with Crippen molar-refractivity contribution in [3.05, 3.63) is 71.8 Å². The minimum absolute atomic E-state index is 0.00335. The fraction of sp³-hybridized carbons (Fsp3) is 0.240. The fourth-order valence-electron chi connectivity index (χ4n) is 4.03. The summed E-state index contributed by atoms with van der Waals surface area (Å²) in [7, 11) is 1.66. The molecular formula is C25H24N2O4S. The van der Waals surface area contributed by atoms with Gasteiger partial charge < -0.3 is 19.3 Å². The highest BCUT2D eigenvalue weighted by molar-refractivity contribution is 7.89. The second-order valence-electron chi connectivity index (χ2n) is 8.13. The molecule has 2 aliphatic rings. The molecule has 1 amide bonds. The van der Waals surface area contributed by atoms with Crippen LogP contribution in [0, 0.1) is 6.92 Å². The molecule has 1 aliphatic heterocycles. The zero-order valence-corrected chi connectivity index (χ0v) is 18.8. The van der Waals surface area contributed by atoms with Crippen molar-refractivity contribution in [3.8, 4) is 22.6 Å². The van der Waals surface area contributed by atoms with E-state index in [0.29, 0.717) is 5.75 Å². The molecule has 1 unspecified atom stereocenters. The van der Waals surface area contributed by atoms with Crippen molar-refractivity contribution in [1.82, 2.24) is 4.72 Å². The summed E-state index contributed by atoms with van der Waals surface area (Å²) < 4.78 is 25.5. The maximum absolute atomic E-state index is 13.3. The van der Waals surface area contributed by atoms with Gasteiger partial charge in [0.25, 0.3) is 0 Å². The summed E-state index contributed by atoms with van der Waals surface area (Å²) >= 11 is -1.22. The predicted molar refractivity (Wildman–Crippen MR) is 124 cm³/mol. The summed E-state index contributed by atoms with van der Waals surface area (Å²) in [6.07, 6.45) is 1.61. The molecule has 164 valence electrons. The van der Waals surface area contributed by atoms with Gasteiger partial charge in [-0.25, -0.2) is 0 Å². The Morgan fingerprint density at radius 3 is 2.41 bits per heavy atom. The Hall–Kier alpha value is -3.00. The summed E-state index contributed by atoms with van der Waals surface area (Å²) in [5, 5.41) is 3.16. The number of fused-ring (bicyclic) bond motifs is 1. The highest BCUT2D eigenvalue weighted by atomic mass is 32.2. The molecule has 1 heterocycles. The van der Waals surface area contributed by atoms with E-state index in [1.54, 1.807) is 7.05 Å². The van der Waals surface area contributed by atoms with E-state index in [4.69, 9.17) is 9.47 Å². The number of carbonyl (C=O) groups is 1. The smallest absolute Gasteiger partial charge is 0.235 e. The van der Waals surface area contributed by atoms with Crippen molar-refractivity contribution in [2.45, 2.75) is 30.1 Å². The maximum atomic E-state index is 13.3. The number of carbonyl (C=O) groups excluding carboxylic acids is 1. The number of hydrogen-bond acceptors (Lipinski definition) is 5. The van der Waals surface area contributed by atoms with E-state index in [1.165, 1.54) is 0 Å². The number of ether oxygens (including phenoxy) is 2. The molecule has 5 rings (SSSR count). The second-order valence-corrected chi connectivity index (χ2v) is 9.55. The molecule has 3 aromatic carbocycles. The van der Waals surface area contributed by atoms with Crippen molar-refractivity contribution >= 4 is 23.0 Å². The number of hydrogen-bond donors (Lipinski definition) is 2. The monoisotopic (exact) mass is 448 g/mol. The molecule has 1 aliphatic carbocycles. The largest absolute Gasteiger partial charge is 0.593 e. The van der Waals surface area contributed by atoms with Crippen LogP contribution in [0.3, 0.4) is 0 Å². The Balaban J connectivity index is 1.38. The molecule has 0 spiro atoms. The Morgan fingerprint density at radius 2 is 1.69 bits per heavy atom. The van der Waals surface area contributed by atoms with Crippen LogP contribution in [0.4, 0.5) is 5.69 Å². The molecule has 0 radical (unpaired) electrons. The van der Waals surface area contributed by atoms with Crippen LogP contribution in [0.2, 0.25) is 0 Å². The fourth-order valence-corrected chi connectivity index (χ4v) is 4.65. The lowest BCUT2D eigenvalue weighted by molar-refractivity contribution is -0.118. The lowest BCUT2D eigenvalue weighted by Crippen LogP contribution is -2.28. The lowest BCUT2D eigenvalue weighted by Gasteiger charge is -2.18. The molecule has 1 atom stereocenters. The number of rotatable bonds is 6. The van der Waals surface area contributed by atoms with Crippen LogP contribution in [0.1, 0.15) is 24.0 Å². The molecule has 0 bridgehead atoms. The van der Waals surface area contributed by atoms with Gasteiger partial charge in [-0.2, -0.15) is 0 Å². The topological polar surface area (TPSA) is 82.7 Å². The van der Waals surface area contributed by atoms with Crippen LogP contribution < -0.4 is 19.5 Å². The average Bonchev–Trinajstić information content (AvgIpc) is 3.51. The molecule has 6 nitrogen and oxygen atoms in total. The van der Waals surface area contributed by atoms with E-state index in [1.807, 2.05) is 67.6 Å². The molecule has 0 aromatic heterocycles. The van der Waals surface area contributed by atoms with Crippen molar-refractivity contribution in [1.29, 1.82) is 0 Å². The highest BCUT2D eigenvalue weighted by Crippen LogP contribution is 2.51. The number of amides is 1. The zero-order valence-electron chi connectivity index (χ0n) is 17.9. The first-order valence-electron chi connectivity index (χ1n) is 10.5. The molecule has 0 saturated heterocycles. The van der Waals surface area contributed by atoms with Crippen molar-refractivity contribution in [2.75, 3.05) is 19.2 Å². The number of aryl methyl sites for hydroxylation is 1. The molecule has 1 fully saturated rings. The van der Waals surface area contributed by atoms with Crippen LogP contribution in [-0.2, 0) is 21.6 Å². The summed E-state index contributed by atoms with van der Waals surface area (Å²) in [6.45, 7) is 2.20. The minimum atomic E-state index is -1.22. The van der Waals surface area contributed by atoms with Crippen LogP contribution in [0.25, 0.3) is 11.1 Å². The Bertz CT molecular complexity index is 1180. The molecule has 2 N–H and O–H groups in total. The average molecular weight is 449 g/mol. The summed E-state index contributed by atoms with van der Waals surface area (Å²) in [4.78, 5) is 14.0. The van der Waals surface area contributed by atoms with E-state index in [0.717, 1.165) is 51.4 Å². The van der Waals surface area contributed by atoms with Gasteiger partial charge in [0.2, 0.25) is 12.7 Å². The molecule has 1 saturated carbocycles. The van der Waals surface area contributed by atoms with Gasteiger partial charge in [-0.05, 0) is 84.5 Å². The molecule has 7 heteroatoms. The Morgan fingerprint density at radius 1 is 0.969 bits per heavy atom. The quantitative estimate of drug-likeness (QED) is 0.550. The Kier molecular flexibility index (Phi) is 5.33. The third kappa shape index (κ3) is 3.72. The van der Waals surface area contributed by atoms with Gasteiger partial charge in [-0.3, -0.25) is 4.79 Å². The van der Waals surface area contributed by atoms with E-state index in [9.17, 15) is 9.35 Å². The number of anilines is 1. The molecule has 32 heavy (non-hydrogen) atoms. The van der Waals surface area contributed by atoms with Crippen LogP contribution in [-0.4, -0.2) is 24.3 Å². The molecular weight excluding hydrogens is 424 g/mol. The number of nitrogens with one attached hydrogen (secondary N) is 2. The summed E-state index contributed by atoms with van der Waals surface area (Å²) in [5.41, 5.74) is 4.21. The van der Waals surface area contributed by atoms with Crippen LogP contribution in [0.5, 0.6) is 11.5 Å². The third-order valence-electron chi connectivity index (χ3n) is 6.18. The normalized spacial score (nSPS) is 16.5. The zero-order chi connectivity index (χ0) is 22.3. The van der Waals surface area contributed by atoms with E-state index < -0.39 is 16.8 Å². The van der Waals surface area contributed by atoms with Crippen LogP contribution in [0.15, 0.2) is 65.6 Å². The van der Waals surface area contributed by atoms with Gasteiger partial charge in [-0.15, -0.1) is 4.72 Å². The standard InChI is InChI=1S/C25H24N2O4S/c1-16-3-4-18(17-5-8-20(9-6-17)32(29)26-2)13-21(16)27-24(28)25(11-12-25)19-7-10-22-23(14-19)31-15-30-22/h3-10,13-14,26H,11-12,15H2,1-2H3,(H,27,28). The summed E-state index contributed by atoms with van der Waals surface area (Å²) in [5.74, 6) is 1.41. The first-order valence-corrected chi connectivity index (χ1v) is 11.7. The van der Waals surface area contributed by atoms with Crippen molar-refractivity contribution < 1.29 is 18.8 Å². The SMILES string of the molecule is CN[S+]([O-])c1ccc(-c2ccc(C)c(NC(=O)C3(c4ccc5c(c4)OCO5)CC3)c2)cc1. The number of benzene rings is 3. The first-order chi connectivity index (χ1) is 15.5. The van der Waals surface area contributed by atoms with Crippen molar-refractivity contribution in [2.24, 2.45) is 0 Å². The predicted octanol–water partition coefficient (Wildman–Crippen LogP) is 4.30. The minimum Gasteiger partial charge on any atom is -0.593 e. The summed E-state index contributed by atoms with van der Waals surface area (Å²) in [6, 6.07) is 19.4. The third-order valence-corrected chi connectivity index (χ3v) is 7.25. The maximum Gasteiger partial charge on any atom is 0.235 e. The van der Waals surface area contributed by atoms with Gasteiger partial charge in [0, 0.05) is 12.7 Å². The highest BCUT2D eigenvalue weighted by Gasteiger charge is 2.51. The molecule has 3 aromatic rings. The van der Waals surface area contributed by atoms with Gasteiger partial charge in [0.1, 0.15) is 0 Å². The van der Waals surface area contributed by atoms with Gasteiger partial charge >= 0.3 is 0 Å². The van der Waals surface area contributed by atoms with E-state index in [-0.39, 0.29) is 12.7 Å². The Labute approximate surface area is 190 Å². The lowest BCUT2D eigenvalue weighted by atomic mass is 9.94. The first kappa shape index (κ1) is 20.9. The van der Waals surface area contributed by atoms with Gasteiger partial charge in [0.15, 0.2) is 16.4 Å². The van der Waals surface area contributed by atoms with E-state index in [2.05, 4.69) is 10.0 Å². The van der Waals surface area contributed by atoms with Gasteiger partial charge in [-0.1, -0.05) is 18.2 Å².